The lowest BCUT2D eigenvalue weighted by Crippen LogP contribution is -2.18. The monoisotopic (exact) mass is 259 g/mol. The fourth-order valence-corrected chi connectivity index (χ4v) is 1.92. The molecule has 0 aliphatic heterocycles. The van der Waals surface area contributed by atoms with Gasteiger partial charge < -0.3 is 9.73 Å². The number of rotatable bonds is 7. The molecule has 0 atom stereocenters. The molecule has 0 aliphatic carbocycles. The average molecular weight is 259 g/mol. The molecule has 0 fully saturated rings. The second-order valence-electron chi connectivity index (χ2n) is 4.69. The van der Waals surface area contributed by atoms with Crippen molar-refractivity contribution in [2.75, 3.05) is 13.6 Å². The molecule has 0 bridgehead atoms. The van der Waals surface area contributed by atoms with Crippen LogP contribution in [0.4, 0.5) is 0 Å². The Kier molecular flexibility index (Phi) is 5.12. The highest BCUT2D eigenvalue weighted by Crippen LogP contribution is 2.07. The van der Waals surface area contributed by atoms with E-state index in [4.69, 9.17) is 4.42 Å². The number of hydrogen-bond acceptors (Lipinski definition) is 4. The van der Waals surface area contributed by atoms with Gasteiger partial charge >= 0.3 is 0 Å². The zero-order chi connectivity index (χ0) is 13.5. The van der Waals surface area contributed by atoms with E-state index in [1.54, 1.807) is 6.26 Å². The van der Waals surface area contributed by atoms with Crippen LogP contribution < -0.4 is 5.32 Å². The minimum Gasteiger partial charge on any atom is -0.468 e. The normalized spacial score (nSPS) is 11.1. The lowest BCUT2D eigenvalue weighted by Gasteiger charge is -2.14. The number of furan rings is 1. The molecule has 0 aromatic carbocycles. The second kappa shape index (κ2) is 7.07. The highest BCUT2D eigenvalue weighted by Gasteiger charge is 2.04. The number of hydrogen-bond donors (Lipinski definition) is 1. The minimum absolute atomic E-state index is 0.799. The summed E-state index contributed by atoms with van der Waals surface area (Å²) in [6, 6.07) is 8.12. The van der Waals surface area contributed by atoms with E-state index in [2.05, 4.69) is 41.3 Å². The Morgan fingerprint density at radius 2 is 2.16 bits per heavy atom. The van der Waals surface area contributed by atoms with Crippen molar-refractivity contribution < 1.29 is 4.42 Å². The summed E-state index contributed by atoms with van der Waals surface area (Å²) in [6.45, 7) is 5.58. The first kappa shape index (κ1) is 13.8. The molecular formula is C15H21N3O. The van der Waals surface area contributed by atoms with Gasteiger partial charge in [0.1, 0.15) is 5.76 Å². The lowest BCUT2D eigenvalue weighted by atomic mass is 10.2. The molecule has 102 valence electrons. The van der Waals surface area contributed by atoms with Crippen LogP contribution in [0.3, 0.4) is 0 Å². The molecule has 2 aromatic rings. The van der Waals surface area contributed by atoms with Gasteiger partial charge in [-0.2, -0.15) is 0 Å². The highest BCUT2D eigenvalue weighted by molar-refractivity contribution is 5.14. The maximum atomic E-state index is 5.33. The van der Waals surface area contributed by atoms with Crippen LogP contribution in [0.2, 0.25) is 0 Å². The molecule has 0 spiro atoms. The molecule has 2 rings (SSSR count). The van der Waals surface area contributed by atoms with E-state index in [9.17, 15) is 0 Å². The van der Waals surface area contributed by atoms with Crippen molar-refractivity contribution in [2.24, 2.45) is 0 Å². The van der Waals surface area contributed by atoms with Crippen LogP contribution in [0.1, 0.15) is 23.9 Å². The average Bonchev–Trinajstić information content (AvgIpc) is 2.90. The van der Waals surface area contributed by atoms with E-state index in [1.165, 1.54) is 5.56 Å². The standard InChI is InChI=1S/C15H21N3O/c1-3-16-9-13-6-7-14(17-10-13)11-18(2)12-15-5-4-8-19-15/h4-8,10,16H,3,9,11-12H2,1-2H3. The molecule has 4 heteroatoms. The first-order valence-electron chi connectivity index (χ1n) is 6.63. The first-order valence-corrected chi connectivity index (χ1v) is 6.63. The number of nitrogens with zero attached hydrogens (tertiary/aromatic N) is 2. The van der Waals surface area contributed by atoms with Crippen LogP contribution in [0.15, 0.2) is 41.1 Å². The Balaban J connectivity index is 1.84. The molecule has 1 N–H and O–H groups in total. The molecule has 0 unspecified atom stereocenters. The van der Waals surface area contributed by atoms with Crippen LogP contribution in [-0.4, -0.2) is 23.5 Å². The van der Waals surface area contributed by atoms with Crippen LogP contribution in [-0.2, 0) is 19.6 Å². The molecular weight excluding hydrogens is 238 g/mol. The van der Waals surface area contributed by atoms with Gasteiger partial charge in [-0.3, -0.25) is 9.88 Å². The molecule has 0 amide bonds. The number of nitrogens with one attached hydrogen (secondary N) is 1. The molecule has 0 saturated carbocycles. The van der Waals surface area contributed by atoms with Crippen LogP contribution >= 0.6 is 0 Å². The molecule has 2 heterocycles. The van der Waals surface area contributed by atoms with E-state index in [1.807, 2.05) is 18.3 Å². The van der Waals surface area contributed by atoms with Crippen molar-refractivity contribution in [3.05, 3.63) is 53.7 Å². The largest absolute Gasteiger partial charge is 0.468 e. The van der Waals surface area contributed by atoms with Crippen LogP contribution in [0.5, 0.6) is 0 Å². The molecule has 0 aliphatic rings. The quantitative estimate of drug-likeness (QED) is 0.829. The van der Waals surface area contributed by atoms with Gasteiger partial charge in [-0.15, -0.1) is 0 Å². The number of aromatic nitrogens is 1. The SMILES string of the molecule is CCNCc1ccc(CN(C)Cc2ccco2)nc1. The molecule has 0 saturated heterocycles. The van der Waals surface area contributed by atoms with Crippen molar-refractivity contribution in [3.63, 3.8) is 0 Å². The van der Waals surface area contributed by atoms with Crippen molar-refractivity contribution >= 4 is 0 Å². The van der Waals surface area contributed by atoms with E-state index in [0.717, 1.165) is 37.6 Å². The highest BCUT2D eigenvalue weighted by atomic mass is 16.3. The van der Waals surface area contributed by atoms with Gasteiger partial charge in [0.2, 0.25) is 0 Å². The summed E-state index contributed by atoms with van der Waals surface area (Å²) < 4.78 is 5.33. The summed E-state index contributed by atoms with van der Waals surface area (Å²) in [7, 11) is 2.07. The maximum Gasteiger partial charge on any atom is 0.117 e. The van der Waals surface area contributed by atoms with E-state index in [0.29, 0.717) is 0 Å². The summed E-state index contributed by atoms with van der Waals surface area (Å²) >= 11 is 0. The van der Waals surface area contributed by atoms with Gasteiger partial charge in [0.05, 0.1) is 18.5 Å². The Hall–Kier alpha value is -1.65. The summed E-state index contributed by atoms with van der Waals surface area (Å²) in [5.74, 6) is 0.978. The predicted molar refractivity (Wildman–Crippen MR) is 75.5 cm³/mol. The summed E-state index contributed by atoms with van der Waals surface area (Å²) in [4.78, 5) is 6.67. The van der Waals surface area contributed by atoms with Gasteiger partial charge in [-0.25, -0.2) is 0 Å². The topological polar surface area (TPSA) is 41.3 Å². The summed E-state index contributed by atoms with van der Waals surface area (Å²) in [5, 5.41) is 3.29. The van der Waals surface area contributed by atoms with Crippen molar-refractivity contribution in [3.8, 4) is 0 Å². The maximum absolute atomic E-state index is 5.33. The van der Waals surface area contributed by atoms with Gasteiger partial charge in [0.15, 0.2) is 0 Å². The van der Waals surface area contributed by atoms with Crippen LogP contribution in [0.25, 0.3) is 0 Å². The fraction of sp³-hybridized carbons (Fsp3) is 0.400. The van der Waals surface area contributed by atoms with Gasteiger partial charge in [-0.1, -0.05) is 13.0 Å². The van der Waals surface area contributed by atoms with Gasteiger partial charge in [-0.05, 0) is 37.4 Å². The zero-order valence-corrected chi connectivity index (χ0v) is 11.6. The molecule has 4 nitrogen and oxygen atoms in total. The molecule has 2 aromatic heterocycles. The smallest absolute Gasteiger partial charge is 0.117 e. The Labute approximate surface area is 114 Å². The summed E-state index contributed by atoms with van der Waals surface area (Å²) in [5.41, 5.74) is 2.30. The third-order valence-electron chi connectivity index (χ3n) is 2.90. The van der Waals surface area contributed by atoms with Gasteiger partial charge in [0.25, 0.3) is 0 Å². The minimum atomic E-state index is 0.799. The fourth-order valence-electron chi connectivity index (χ4n) is 1.92. The lowest BCUT2D eigenvalue weighted by molar-refractivity contribution is 0.285. The Morgan fingerprint density at radius 3 is 2.79 bits per heavy atom. The Morgan fingerprint density at radius 1 is 1.26 bits per heavy atom. The predicted octanol–water partition coefficient (Wildman–Crippen LogP) is 2.42. The third kappa shape index (κ3) is 4.50. The Bertz CT molecular complexity index is 465. The van der Waals surface area contributed by atoms with E-state index >= 15 is 0 Å². The third-order valence-corrected chi connectivity index (χ3v) is 2.90. The first-order chi connectivity index (χ1) is 9.28. The second-order valence-corrected chi connectivity index (χ2v) is 4.69. The molecule has 19 heavy (non-hydrogen) atoms. The summed E-state index contributed by atoms with van der Waals surface area (Å²) in [6.07, 6.45) is 3.65. The van der Waals surface area contributed by atoms with Crippen molar-refractivity contribution in [2.45, 2.75) is 26.6 Å². The van der Waals surface area contributed by atoms with E-state index < -0.39 is 0 Å². The van der Waals surface area contributed by atoms with Gasteiger partial charge in [0, 0.05) is 19.3 Å². The van der Waals surface area contributed by atoms with Crippen molar-refractivity contribution in [1.82, 2.24) is 15.2 Å². The van der Waals surface area contributed by atoms with Crippen molar-refractivity contribution in [1.29, 1.82) is 0 Å². The zero-order valence-electron chi connectivity index (χ0n) is 11.6. The molecule has 0 radical (unpaired) electrons. The van der Waals surface area contributed by atoms with E-state index in [-0.39, 0.29) is 0 Å². The van der Waals surface area contributed by atoms with Crippen LogP contribution in [0, 0.1) is 0 Å². The number of pyridine rings is 1.